The lowest BCUT2D eigenvalue weighted by atomic mass is 10.1. The maximum atomic E-state index is 12.7. The molecule has 6 nitrogen and oxygen atoms in total. The summed E-state index contributed by atoms with van der Waals surface area (Å²) in [5.74, 6) is 0.745. The lowest BCUT2D eigenvalue weighted by molar-refractivity contribution is -0.141. The lowest BCUT2D eigenvalue weighted by Crippen LogP contribution is -2.43. The number of hydrogen-bond donors (Lipinski definition) is 1. The molecule has 0 saturated carbocycles. The highest BCUT2D eigenvalue weighted by molar-refractivity contribution is 5.39. The van der Waals surface area contributed by atoms with Gasteiger partial charge in [-0.1, -0.05) is 0 Å². The molecular weight excluding hydrogens is 309 g/mol. The fourth-order valence-corrected chi connectivity index (χ4v) is 2.53. The van der Waals surface area contributed by atoms with Gasteiger partial charge in [0, 0.05) is 31.5 Å². The van der Waals surface area contributed by atoms with Gasteiger partial charge < -0.3 is 10.2 Å². The SMILES string of the molecule is FC(F)(F)c1ccnc(NC2CCCN(c3cccnn3)C2)n1. The summed E-state index contributed by atoms with van der Waals surface area (Å²) in [6.07, 6.45) is -0.0394. The van der Waals surface area contributed by atoms with E-state index < -0.39 is 11.9 Å². The van der Waals surface area contributed by atoms with Crippen LogP contribution in [0, 0.1) is 0 Å². The van der Waals surface area contributed by atoms with E-state index in [0.29, 0.717) is 6.54 Å². The zero-order chi connectivity index (χ0) is 16.3. The van der Waals surface area contributed by atoms with Gasteiger partial charge in [-0.2, -0.15) is 18.3 Å². The monoisotopic (exact) mass is 324 g/mol. The first-order valence-corrected chi connectivity index (χ1v) is 7.22. The molecule has 0 aliphatic carbocycles. The van der Waals surface area contributed by atoms with Gasteiger partial charge in [0.1, 0.15) is 5.69 Å². The average Bonchev–Trinajstić information content (AvgIpc) is 2.55. The van der Waals surface area contributed by atoms with Crippen LogP contribution in [0.25, 0.3) is 0 Å². The average molecular weight is 324 g/mol. The van der Waals surface area contributed by atoms with Crippen LogP contribution in [0.3, 0.4) is 0 Å². The molecule has 23 heavy (non-hydrogen) atoms. The van der Waals surface area contributed by atoms with Gasteiger partial charge in [0.15, 0.2) is 5.82 Å². The predicted octanol–water partition coefficient (Wildman–Crippen LogP) is 2.37. The van der Waals surface area contributed by atoms with Crippen molar-refractivity contribution in [3.8, 4) is 0 Å². The van der Waals surface area contributed by atoms with Crippen molar-refractivity contribution in [3.63, 3.8) is 0 Å². The van der Waals surface area contributed by atoms with E-state index in [0.717, 1.165) is 37.5 Å². The third kappa shape index (κ3) is 3.85. The van der Waals surface area contributed by atoms with E-state index in [2.05, 4.69) is 25.5 Å². The van der Waals surface area contributed by atoms with E-state index in [1.54, 1.807) is 12.3 Å². The van der Waals surface area contributed by atoms with Crippen molar-refractivity contribution in [2.45, 2.75) is 25.1 Å². The Labute approximate surface area is 130 Å². The Morgan fingerprint density at radius 1 is 1.22 bits per heavy atom. The van der Waals surface area contributed by atoms with Gasteiger partial charge in [0.25, 0.3) is 0 Å². The first kappa shape index (κ1) is 15.4. The minimum Gasteiger partial charge on any atom is -0.353 e. The Morgan fingerprint density at radius 2 is 2.09 bits per heavy atom. The number of nitrogens with one attached hydrogen (secondary N) is 1. The Bertz CT molecular complexity index is 648. The molecule has 0 spiro atoms. The van der Waals surface area contributed by atoms with Crippen molar-refractivity contribution in [3.05, 3.63) is 36.3 Å². The number of piperidine rings is 1. The van der Waals surface area contributed by atoms with Crippen LogP contribution in [-0.2, 0) is 6.18 Å². The highest BCUT2D eigenvalue weighted by Crippen LogP contribution is 2.28. The normalized spacial score (nSPS) is 18.7. The maximum absolute atomic E-state index is 12.7. The van der Waals surface area contributed by atoms with Crippen LogP contribution in [-0.4, -0.2) is 39.3 Å². The number of nitrogens with zero attached hydrogens (tertiary/aromatic N) is 5. The van der Waals surface area contributed by atoms with E-state index in [4.69, 9.17) is 0 Å². The standard InChI is InChI=1S/C14H15F3N6/c15-14(16,17)11-5-7-18-13(21-11)20-10-3-2-8-23(9-10)12-4-1-6-19-22-12/h1,4-7,10H,2-3,8-9H2,(H,18,20,21). The summed E-state index contributed by atoms with van der Waals surface area (Å²) >= 11 is 0. The Balaban J connectivity index is 1.68. The van der Waals surface area contributed by atoms with Crippen LogP contribution in [0.4, 0.5) is 24.9 Å². The summed E-state index contributed by atoms with van der Waals surface area (Å²) in [5, 5.41) is 10.9. The smallest absolute Gasteiger partial charge is 0.353 e. The second-order valence-corrected chi connectivity index (χ2v) is 5.27. The summed E-state index contributed by atoms with van der Waals surface area (Å²) < 4.78 is 38.1. The van der Waals surface area contributed by atoms with E-state index in [-0.39, 0.29) is 12.0 Å². The van der Waals surface area contributed by atoms with E-state index in [9.17, 15) is 13.2 Å². The molecule has 2 aromatic heterocycles. The highest BCUT2D eigenvalue weighted by atomic mass is 19.4. The number of aromatic nitrogens is 4. The fourth-order valence-electron chi connectivity index (χ4n) is 2.53. The second kappa shape index (κ2) is 6.35. The maximum Gasteiger partial charge on any atom is 0.433 e. The summed E-state index contributed by atoms with van der Waals surface area (Å²) in [5.41, 5.74) is -0.948. The van der Waals surface area contributed by atoms with Crippen LogP contribution in [0.15, 0.2) is 30.6 Å². The first-order chi connectivity index (χ1) is 11.0. The van der Waals surface area contributed by atoms with Crippen molar-refractivity contribution in [1.82, 2.24) is 20.2 Å². The van der Waals surface area contributed by atoms with Gasteiger partial charge in [0.2, 0.25) is 5.95 Å². The molecular formula is C14H15F3N6. The van der Waals surface area contributed by atoms with Gasteiger partial charge in [0.05, 0.1) is 0 Å². The van der Waals surface area contributed by atoms with E-state index >= 15 is 0 Å². The number of alkyl halides is 3. The molecule has 0 radical (unpaired) electrons. The molecule has 9 heteroatoms. The van der Waals surface area contributed by atoms with Gasteiger partial charge in [-0.05, 0) is 31.0 Å². The zero-order valence-corrected chi connectivity index (χ0v) is 12.2. The molecule has 3 heterocycles. The van der Waals surface area contributed by atoms with Crippen LogP contribution >= 0.6 is 0 Å². The molecule has 0 aromatic carbocycles. The summed E-state index contributed by atoms with van der Waals surface area (Å²) in [6, 6.07) is 4.47. The summed E-state index contributed by atoms with van der Waals surface area (Å²) in [4.78, 5) is 9.46. The van der Waals surface area contributed by atoms with Gasteiger partial charge in [-0.25, -0.2) is 9.97 Å². The minimum absolute atomic E-state index is 0.00850. The molecule has 0 amide bonds. The fraction of sp³-hybridized carbons (Fsp3) is 0.429. The van der Waals surface area contributed by atoms with Crippen LogP contribution < -0.4 is 10.2 Å². The van der Waals surface area contributed by atoms with Crippen molar-refractivity contribution in [1.29, 1.82) is 0 Å². The molecule has 2 aromatic rings. The Kier molecular flexibility index (Phi) is 4.26. The molecule has 1 aliphatic heterocycles. The molecule has 1 N–H and O–H groups in total. The first-order valence-electron chi connectivity index (χ1n) is 7.22. The number of hydrogen-bond acceptors (Lipinski definition) is 6. The lowest BCUT2D eigenvalue weighted by Gasteiger charge is -2.33. The highest BCUT2D eigenvalue weighted by Gasteiger charge is 2.33. The minimum atomic E-state index is -4.47. The molecule has 1 saturated heterocycles. The van der Waals surface area contributed by atoms with Crippen LogP contribution in [0.1, 0.15) is 18.5 Å². The summed E-state index contributed by atoms with van der Waals surface area (Å²) in [6.45, 7) is 1.44. The summed E-state index contributed by atoms with van der Waals surface area (Å²) in [7, 11) is 0. The van der Waals surface area contributed by atoms with Gasteiger partial charge in [-0.15, -0.1) is 5.10 Å². The largest absolute Gasteiger partial charge is 0.433 e. The van der Waals surface area contributed by atoms with Crippen LogP contribution in [0.2, 0.25) is 0 Å². The molecule has 1 atom stereocenters. The second-order valence-electron chi connectivity index (χ2n) is 5.27. The number of rotatable bonds is 3. The Morgan fingerprint density at radius 3 is 2.83 bits per heavy atom. The van der Waals surface area contributed by atoms with Crippen molar-refractivity contribution in [2.24, 2.45) is 0 Å². The molecule has 0 bridgehead atoms. The van der Waals surface area contributed by atoms with Crippen molar-refractivity contribution in [2.75, 3.05) is 23.3 Å². The van der Waals surface area contributed by atoms with Gasteiger partial charge >= 0.3 is 6.18 Å². The topological polar surface area (TPSA) is 66.8 Å². The molecule has 1 aliphatic rings. The molecule has 3 rings (SSSR count). The molecule has 1 fully saturated rings. The predicted molar refractivity (Wildman–Crippen MR) is 77.9 cm³/mol. The van der Waals surface area contributed by atoms with Crippen molar-refractivity contribution < 1.29 is 13.2 Å². The van der Waals surface area contributed by atoms with E-state index in [1.165, 1.54) is 0 Å². The number of anilines is 2. The molecule has 1 unspecified atom stereocenters. The molecule has 122 valence electrons. The number of halogens is 3. The van der Waals surface area contributed by atoms with Crippen molar-refractivity contribution >= 4 is 11.8 Å². The van der Waals surface area contributed by atoms with E-state index in [1.807, 2.05) is 11.0 Å². The third-order valence-corrected chi connectivity index (χ3v) is 3.58. The van der Waals surface area contributed by atoms with Gasteiger partial charge in [-0.3, -0.25) is 0 Å². The quantitative estimate of drug-likeness (QED) is 0.935. The third-order valence-electron chi connectivity index (χ3n) is 3.58. The van der Waals surface area contributed by atoms with Crippen LogP contribution in [0.5, 0.6) is 0 Å². The zero-order valence-electron chi connectivity index (χ0n) is 12.2. The Hall–Kier alpha value is -2.45.